The first kappa shape index (κ1) is 21.3. The van der Waals surface area contributed by atoms with Crippen molar-refractivity contribution in [1.82, 2.24) is 4.90 Å². The summed E-state index contributed by atoms with van der Waals surface area (Å²) >= 11 is 0. The Morgan fingerprint density at radius 2 is 1.14 bits per heavy atom. The summed E-state index contributed by atoms with van der Waals surface area (Å²) < 4.78 is 0. The third-order valence-corrected chi connectivity index (χ3v) is 6.04. The molecule has 0 bridgehead atoms. The van der Waals surface area contributed by atoms with E-state index in [9.17, 15) is 5.11 Å². The fraction of sp³-hybridized carbons (Fsp3) is 0.333. The first-order chi connectivity index (χ1) is 14.3. The average Bonchev–Trinajstić information content (AvgIpc) is 2.83. The van der Waals surface area contributed by atoms with Crippen LogP contribution in [0.4, 0.5) is 0 Å². The van der Waals surface area contributed by atoms with Crippen molar-refractivity contribution in [2.75, 3.05) is 19.7 Å². The Hall–Kier alpha value is -2.42. The fourth-order valence-electron chi connectivity index (χ4n) is 4.42. The van der Waals surface area contributed by atoms with Crippen molar-refractivity contribution in [3.05, 3.63) is 108 Å². The minimum atomic E-state index is -0.115. The third kappa shape index (κ3) is 4.77. The molecule has 0 saturated carbocycles. The molecule has 1 aliphatic heterocycles. The number of aliphatic hydroxyl groups is 1. The van der Waals surface area contributed by atoms with Gasteiger partial charge in [0, 0.05) is 18.5 Å². The second kappa shape index (κ2) is 10.4. The second-order valence-electron chi connectivity index (χ2n) is 7.56. The summed E-state index contributed by atoms with van der Waals surface area (Å²) in [6.07, 6.45) is 1.95. The number of rotatable bonds is 5. The monoisotopic (exact) mass is 387 g/mol. The summed E-state index contributed by atoms with van der Waals surface area (Å²) in [5, 5.41) is 10.2. The third-order valence-electron chi connectivity index (χ3n) is 6.04. The van der Waals surface area contributed by atoms with Gasteiger partial charge < -0.3 is 5.11 Å². The maximum Gasteiger partial charge on any atom is 0.0601 e. The number of likely N-dealkylation sites (tertiary alicyclic amines) is 1. The van der Waals surface area contributed by atoms with E-state index in [4.69, 9.17) is 0 Å². The number of benzene rings is 3. The van der Waals surface area contributed by atoms with Crippen LogP contribution in [0.1, 0.15) is 49.4 Å². The highest BCUT2D eigenvalue weighted by molar-refractivity contribution is 5.33. The predicted octanol–water partition coefficient (Wildman–Crippen LogP) is 5.83. The molecule has 1 N–H and O–H groups in total. The molecule has 2 nitrogen and oxygen atoms in total. The Morgan fingerprint density at radius 1 is 0.724 bits per heavy atom. The molecule has 0 aromatic heterocycles. The zero-order valence-corrected chi connectivity index (χ0v) is 17.7. The van der Waals surface area contributed by atoms with Crippen molar-refractivity contribution in [3.8, 4) is 0 Å². The van der Waals surface area contributed by atoms with Gasteiger partial charge in [-0.3, -0.25) is 4.90 Å². The van der Waals surface area contributed by atoms with E-state index in [1.165, 1.54) is 16.7 Å². The van der Waals surface area contributed by atoms with Gasteiger partial charge in [0.1, 0.15) is 0 Å². The maximum atomic E-state index is 10.2. The minimum Gasteiger partial charge on any atom is -0.395 e. The van der Waals surface area contributed by atoms with E-state index in [0.29, 0.717) is 0 Å². The van der Waals surface area contributed by atoms with Crippen LogP contribution in [0.15, 0.2) is 91.0 Å². The summed E-state index contributed by atoms with van der Waals surface area (Å²) in [7, 11) is 0. The molecule has 152 valence electrons. The lowest BCUT2D eigenvalue weighted by Gasteiger charge is -2.44. The van der Waals surface area contributed by atoms with Crippen molar-refractivity contribution < 1.29 is 5.11 Å². The summed E-state index contributed by atoms with van der Waals surface area (Å²) in [4.78, 5) is 2.57. The van der Waals surface area contributed by atoms with Gasteiger partial charge in [0.15, 0.2) is 0 Å². The van der Waals surface area contributed by atoms with Crippen molar-refractivity contribution in [1.29, 1.82) is 0 Å². The molecule has 1 aliphatic rings. The van der Waals surface area contributed by atoms with Crippen LogP contribution in [0.5, 0.6) is 0 Å². The van der Waals surface area contributed by atoms with Gasteiger partial charge in [0.05, 0.1) is 12.6 Å². The van der Waals surface area contributed by atoms with E-state index in [-0.39, 0.29) is 18.1 Å². The maximum absolute atomic E-state index is 10.2. The van der Waals surface area contributed by atoms with Gasteiger partial charge in [-0.2, -0.15) is 0 Å². The lowest BCUT2D eigenvalue weighted by molar-refractivity contribution is 0.0854. The van der Waals surface area contributed by atoms with Crippen LogP contribution in [0.3, 0.4) is 0 Å². The number of aliphatic hydroxyl groups excluding tert-OH is 1. The molecule has 0 radical (unpaired) electrons. The highest BCUT2D eigenvalue weighted by Crippen LogP contribution is 2.39. The molecule has 2 heteroatoms. The van der Waals surface area contributed by atoms with Gasteiger partial charge >= 0.3 is 0 Å². The summed E-state index contributed by atoms with van der Waals surface area (Å²) in [6, 6.07) is 32.3. The SMILES string of the molecule is CC.OCC1(c2ccccc2)CCN(C(c2ccccc2)c2ccccc2)CC1. The van der Waals surface area contributed by atoms with Crippen molar-refractivity contribution in [2.45, 2.75) is 38.1 Å². The molecule has 3 aromatic carbocycles. The van der Waals surface area contributed by atoms with Gasteiger partial charge in [-0.05, 0) is 29.5 Å². The molecule has 0 unspecified atom stereocenters. The Morgan fingerprint density at radius 3 is 1.55 bits per heavy atom. The molecular formula is C27H33NO. The van der Waals surface area contributed by atoms with Gasteiger partial charge in [-0.15, -0.1) is 0 Å². The summed E-state index contributed by atoms with van der Waals surface area (Å²) in [6.45, 7) is 6.17. The number of nitrogens with zero attached hydrogens (tertiary/aromatic N) is 1. The topological polar surface area (TPSA) is 23.5 Å². The quantitative estimate of drug-likeness (QED) is 0.595. The van der Waals surface area contributed by atoms with Crippen LogP contribution >= 0.6 is 0 Å². The van der Waals surface area contributed by atoms with E-state index in [1.807, 2.05) is 19.9 Å². The average molecular weight is 388 g/mol. The standard InChI is InChI=1S/C25H27NO.C2H6/c27-20-25(23-14-8-3-9-15-23)16-18-26(19-17-25)24(21-10-4-1-5-11-21)22-12-6-2-7-13-22;1-2/h1-15,24,27H,16-20H2;1-2H3. The molecule has 1 saturated heterocycles. The van der Waals surface area contributed by atoms with Gasteiger partial charge in [0.2, 0.25) is 0 Å². The largest absolute Gasteiger partial charge is 0.395 e. The number of hydrogen-bond donors (Lipinski definition) is 1. The molecule has 0 atom stereocenters. The molecule has 1 fully saturated rings. The molecule has 0 aliphatic carbocycles. The van der Waals surface area contributed by atoms with E-state index in [0.717, 1.165) is 25.9 Å². The molecule has 0 amide bonds. The summed E-state index contributed by atoms with van der Waals surface area (Å²) in [5.74, 6) is 0. The molecule has 0 spiro atoms. The lowest BCUT2D eigenvalue weighted by atomic mass is 9.73. The first-order valence-corrected chi connectivity index (χ1v) is 10.8. The van der Waals surface area contributed by atoms with Crippen LogP contribution in [0, 0.1) is 0 Å². The zero-order valence-electron chi connectivity index (χ0n) is 17.7. The Labute approximate surface area is 175 Å². The number of piperidine rings is 1. The second-order valence-corrected chi connectivity index (χ2v) is 7.56. The molecule has 3 aromatic rings. The van der Waals surface area contributed by atoms with Gasteiger partial charge in [-0.1, -0.05) is 105 Å². The van der Waals surface area contributed by atoms with Crippen molar-refractivity contribution in [2.24, 2.45) is 0 Å². The predicted molar refractivity (Wildman–Crippen MR) is 122 cm³/mol. The van der Waals surface area contributed by atoms with Gasteiger partial charge in [0.25, 0.3) is 0 Å². The van der Waals surface area contributed by atoms with Crippen molar-refractivity contribution >= 4 is 0 Å². The van der Waals surface area contributed by atoms with Crippen LogP contribution < -0.4 is 0 Å². The van der Waals surface area contributed by atoms with E-state index in [2.05, 4.69) is 89.8 Å². The summed E-state index contributed by atoms with van der Waals surface area (Å²) in [5.41, 5.74) is 3.82. The highest BCUT2D eigenvalue weighted by atomic mass is 16.3. The number of hydrogen-bond acceptors (Lipinski definition) is 2. The zero-order chi connectivity index (χ0) is 20.5. The normalized spacial score (nSPS) is 16.1. The highest BCUT2D eigenvalue weighted by Gasteiger charge is 2.37. The smallest absolute Gasteiger partial charge is 0.0601 e. The lowest BCUT2D eigenvalue weighted by Crippen LogP contribution is -2.46. The first-order valence-electron chi connectivity index (χ1n) is 10.8. The minimum absolute atomic E-state index is 0.115. The molecule has 1 heterocycles. The Kier molecular flexibility index (Phi) is 7.62. The molecule has 29 heavy (non-hydrogen) atoms. The van der Waals surface area contributed by atoms with E-state index in [1.54, 1.807) is 0 Å². The van der Waals surface area contributed by atoms with Crippen LogP contribution in [0.2, 0.25) is 0 Å². The van der Waals surface area contributed by atoms with E-state index >= 15 is 0 Å². The fourth-order valence-corrected chi connectivity index (χ4v) is 4.42. The van der Waals surface area contributed by atoms with E-state index < -0.39 is 0 Å². The Bertz CT molecular complexity index is 785. The van der Waals surface area contributed by atoms with Crippen LogP contribution in [0.25, 0.3) is 0 Å². The van der Waals surface area contributed by atoms with Gasteiger partial charge in [-0.25, -0.2) is 0 Å². The molecule has 4 rings (SSSR count). The molecular weight excluding hydrogens is 354 g/mol. The Balaban J connectivity index is 0.00000117. The van der Waals surface area contributed by atoms with Crippen LogP contribution in [-0.2, 0) is 5.41 Å². The van der Waals surface area contributed by atoms with Crippen molar-refractivity contribution in [3.63, 3.8) is 0 Å². The van der Waals surface area contributed by atoms with Crippen LogP contribution in [-0.4, -0.2) is 29.7 Å².